The summed E-state index contributed by atoms with van der Waals surface area (Å²) in [5.41, 5.74) is 5.13. The van der Waals surface area contributed by atoms with Gasteiger partial charge in [0.25, 0.3) is 0 Å². The third kappa shape index (κ3) is 2.10. The summed E-state index contributed by atoms with van der Waals surface area (Å²) in [5, 5.41) is 4.03. The van der Waals surface area contributed by atoms with Crippen LogP contribution in [0.25, 0.3) is 0 Å². The lowest BCUT2D eigenvalue weighted by atomic mass is 9.84. The first-order chi connectivity index (χ1) is 7.80. The molecule has 1 fully saturated rings. The predicted octanol–water partition coefficient (Wildman–Crippen LogP) is 1.38. The summed E-state index contributed by atoms with van der Waals surface area (Å²) in [6.45, 7) is 0.529. The molecule has 1 aliphatic rings. The molecule has 1 aromatic rings. The Balaban J connectivity index is 2.18. The van der Waals surface area contributed by atoms with Crippen LogP contribution in [0.1, 0.15) is 43.8 Å². The van der Waals surface area contributed by atoms with E-state index in [-0.39, 0.29) is 5.60 Å². The van der Waals surface area contributed by atoms with Crippen LogP contribution in [0.2, 0.25) is 0 Å². The highest BCUT2D eigenvalue weighted by molar-refractivity contribution is 5.03. The number of aromatic nitrogens is 2. The highest BCUT2D eigenvalue weighted by Gasteiger charge is 2.38. The van der Waals surface area contributed by atoms with Crippen molar-refractivity contribution in [2.75, 3.05) is 13.7 Å². The molecule has 5 heteroatoms. The van der Waals surface area contributed by atoms with E-state index in [4.69, 9.17) is 15.0 Å². The third-order valence-electron chi connectivity index (χ3n) is 3.29. The minimum atomic E-state index is -0.325. The maximum absolute atomic E-state index is 5.64. The molecule has 0 amide bonds. The zero-order chi connectivity index (χ0) is 11.4. The molecule has 0 saturated heterocycles. The predicted molar refractivity (Wildman–Crippen MR) is 58.8 cm³/mol. The summed E-state index contributed by atoms with van der Waals surface area (Å²) < 4.78 is 10.8. The summed E-state index contributed by atoms with van der Waals surface area (Å²) in [7, 11) is 1.73. The van der Waals surface area contributed by atoms with Crippen molar-refractivity contribution in [1.82, 2.24) is 10.1 Å². The Labute approximate surface area is 95.3 Å². The molecule has 1 aromatic heterocycles. The molecule has 90 valence electrons. The largest absolute Gasteiger partial charge is 0.370 e. The van der Waals surface area contributed by atoms with E-state index in [1.54, 1.807) is 7.11 Å². The van der Waals surface area contributed by atoms with Crippen molar-refractivity contribution in [2.45, 2.75) is 44.1 Å². The van der Waals surface area contributed by atoms with Gasteiger partial charge in [-0.15, -0.1) is 0 Å². The van der Waals surface area contributed by atoms with E-state index in [0.717, 1.165) is 25.7 Å². The fraction of sp³-hybridized carbons (Fsp3) is 0.818. The van der Waals surface area contributed by atoms with E-state index >= 15 is 0 Å². The Morgan fingerprint density at radius 2 is 2.12 bits per heavy atom. The Kier molecular flexibility index (Phi) is 3.56. The van der Waals surface area contributed by atoms with Crippen molar-refractivity contribution in [3.05, 3.63) is 11.7 Å². The van der Waals surface area contributed by atoms with Gasteiger partial charge in [-0.3, -0.25) is 0 Å². The van der Waals surface area contributed by atoms with E-state index in [1.807, 2.05) is 0 Å². The molecule has 0 aromatic carbocycles. The molecule has 0 radical (unpaired) electrons. The molecule has 2 rings (SSSR count). The molecular formula is C11H19N3O2. The lowest BCUT2D eigenvalue weighted by Crippen LogP contribution is -2.32. The van der Waals surface area contributed by atoms with Gasteiger partial charge < -0.3 is 15.0 Å². The second kappa shape index (κ2) is 4.93. The SMILES string of the molecule is COC1(c2noc(CCN)n2)CCCCC1. The number of hydrogen-bond donors (Lipinski definition) is 1. The molecular weight excluding hydrogens is 206 g/mol. The van der Waals surface area contributed by atoms with Gasteiger partial charge in [0.15, 0.2) is 0 Å². The summed E-state index contributed by atoms with van der Waals surface area (Å²) in [6, 6.07) is 0. The Morgan fingerprint density at radius 1 is 1.38 bits per heavy atom. The molecule has 0 unspecified atom stereocenters. The van der Waals surface area contributed by atoms with Crippen LogP contribution in [0.3, 0.4) is 0 Å². The minimum absolute atomic E-state index is 0.325. The number of nitrogens with two attached hydrogens (primary N) is 1. The fourth-order valence-corrected chi connectivity index (χ4v) is 2.31. The molecule has 1 aliphatic carbocycles. The van der Waals surface area contributed by atoms with Gasteiger partial charge in [0.05, 0.1) is 0 Å². The fourth-order valence-electron chi connectivity index (χ4n) is 2.31. The molecule has 16 heavy (non-hydrogen) atoms. The van der Waals surface area contributed by atoms with Crippen LogP contribution in [0.15, 0.2) is 4.52 Å². The maximum Gasteiger partial charge on any atom is 0.228 e. The lowest BCUT2D eigenvalue weighted by molar-refractivity contribution is -0.0527. The molecule has 0 atom stereocenters. The van der Waals surface area contributed by atoms with Crippen LogP contribution in [-0.4, -0.2) is 23.8 Å². The number of rotatable bonds is 4. The van der Waals surface area contributed by atoms with Crippen molar-refractivity contribution < 1.29 is 9.26 Å². The van der Waals surface area contributed by atoms with Crippen LogP contribution in [-0.2, 0) is 16.8 Å². The summed E-state index contributed by atoms with van der Waals surface area (Å²) >= 11 is 0. The van der Waals surface area contributed by atoms with Gasteiger partial charge in [-0.25, -0.2) is 0 Å². The van der Waals surface area contributed by atoms with Crippen LogP contribution in [0.4, 0.5) is 0 Å². The number of ether oxygens (including phenoxy) is 1. The van der Waals surface area contributed by atoms with Gasteiger partial charge in [-0.1, -0.05) is 24.4 Å². The molecule has 1 heterocycles. The quantitative estimate of drug-likeness (QED) is 0.837. The van der Waals surface area contributed by atoms with Crippen molar-refractivity contribution in [3.8, 4) is 0 Å². The number of hydrogen-bond acceptors (Lipinski definition) is 5. The third-order valence-corrected chi connectivity index (χ3v) is 3.29. The first-order valence-corrected chi connectivity index (χ1v) is 5.89. The van der Waals surface area contributed by atoms with Gasteiger partial charge in [-0.05, 0) is 12.8 Å². The lowest BCUT2D eigenvalue weighted by Gasteiger charge is -2.32. The van der Waals surface area contributed by atoms with Crippen molar-refractivity contribution in [2.24, 2.45) is 5.73 Å². The summed E-state index contributed by atoms with van der Waals surface area (Å²) in [6.07, 6.45) is 6.17. The molecule has 0 bridgehead atoms. The summed E-state index contributed by atoms with van der Waals surface area (Å²) in [5.74, 6) is 1.30. The molecule has 0 spiro atoms. The normalized spacial score (nSPS) is 19.9. The van der Waals surface area contributed by atoms with Crippen molar-refractivity contribution in [3.63, 3.8) is 0 Å². The van der Waals surface area contributed by atoms with Crippen LogP contribution in [0, 0.1) is 0 Å². The highest BCUT2D eigenvalue weighted by Crippen LogP contribution is 2.38. The Hall–Kier alpha value is -0.940. The minimum Gasteiger partial charge on any atom is -0.370 e. The van der Waals surface area contributed by atoms with E-state index < -0.39 is 0 Å². The van der Waals surface area contributed by atoms with Crippen LogP contribution >= 0.6 is 0 Å². The highest BCUT2D eigenvalue weighted by atomic mass is 16.5. The van der Waals surface area contributed by atoms with E-state index in [1.165, 1.54) is 6.42 Å². The Morgan fingerprint density at radius 3 is 2.75 bits per heavy atom. The molecule has 1 saturated carbocycles. The average molecular weight is 225 g/mol. The molecule has 2 N–H and O–H groups in total. The van der Waals surface area contributed by atoms with Gasteiger partial charge in [0, 0.05) is 20.1 Å². The van der Waals surface area contributed by atoms with E-state index in [2.05, 4.69) is 10.1 Å². The smallest absolute Gasteiger partial charge is 0.228 e. The van der Waals surface area contributed by atoms with Crippen molar-refractivity contribution in [1.29, 1.82) is 0 Å². The van der Waals surface area contributed by atoms with Crippen LogP contribution < -0.4 is 5.73 Å². The van der Waals surface area contributed by atoms with Gasteiger partial charge in [0.2, 0.25) is 11.7 Å². The first-order valence-electron chi connectivity index (χ1n) is 5.89. The van der Waals surface area contributed by atoms with Gasteiger partial charge >= 0.3 is 0 Å². The van der Waals surface area contributed by atoms with Gasteiger partial charge in [0.1, 0.15) is 5.60 Å². The molecule has 5 nitrogen and oxygen atoms in total. The number of nitrogens with zero attached hydrogens (tertiary/aromatic N) is 2. The Bertz CT molecular complexity index is 332. The van der Waals surface area contributed by atoms with E-state index in [0.29, 0.717) is 24.7 Å². The maximum atomic E-state index is 5.64. The zero-order valence-corrected chi connectivity index (χ0v) is 9.74. The average Bonchev–Trinajstić information content (AvgIpc) is 2.80. The van der Waals surface area contributed by atoms with Crippen LogP contribution in [0.5, 0.6) is 0 Å². The van der Waals surface area contributed by atoms with Crippen molar-refractivity contribution >= 4 is 0 Å². The second-order valence-electron chi connectivity index (χ2n) is 4.31. The zero-order valence-electron chi connectivity index (χ0n) is 9.74. The monoisotopic (exact) mass is 225 g/mol. The first kappa shape index (κ1) is 11.5. The molecule has 0 aliphatic heterocycles. The van der Waals surface area contributed by atoms with E-state index in [9.17, 15) is 0 Å². The van der Waals surface area contributed by atoms with Gasteiger partial charge in [-0.2, -0.15) is 4.98 Å². The standard InChI is InChI=1S/C11H19N3O2/c1-15-11(6-3-2-4-7-11)10-13-9(5-8-12)16-14-10/h2-8,12H2,1H3. The topological polar surface area (TPSA) is 74.2 Å². The number of methoxy groups -OCH3 is 1. The summed E-state index contributed by atoms with van der Waals surface area (Å²) in [4.78, 5) is 4.38. The second-order valence-corrected chi connectivity index (χ2v) is 4.31.